The third kappa shape index (κ3) is 1.46. The van der Waals surface area contributed by atoms with Gasteiger partial charge < -0.3 is 14.7 Å². The number of carbonyl (C=O) groups is 1. The predicted molar refractivity (Wildman–Crippen MR) is 34.5 cm³/mol. The Balaban J connectivity index is 2.40. The molecule has 1 saturated heterocycles. The first kappa shape index (κ1) is 7.50. The molecule has 4 heteroatoms. The average Bonchev–Trinajstić information content (AvgIpc) is 1.95. The molecule has 0 aromatic carbocycles. The highest BCUT2D eigenvalue weighted by Crippen LogP contribution is 2.02. The lowest BCUT2D eigenvalue weighted by molar-refractivity contribution is -0.148. The van der Waals surface area contributed by atoms with Crippen molar-refractivity contribution in [2.75, 3.05) is 26.8 Å². The Morgan fingerprint density at radius 3 is 3.10 bits per heavy atom. The van der Waals surface area contributed by atoms with Gasteiger partial charge in [0.2, 0.25) is 5.91 Å². The van der Waals surface area contributed by atoms with E-state index in [1.54, 1.807) is 11.9 Å². The summed E-state index contributed by atoms with van der Waals surface area (Å²) in [7, 11) is 1.70. The summed E-state index contributed by atoms with van der Waals surface area (Å²) in [5.41, 5.74) is 0. The third-order valence-electron chi connectivity index (χ3n) is 1.55. The Hall–Kier alpha value is -0.610. The highest BCUT2D eigenvalue weighted by atomic mass is 16.5. The third-order valence-corrected chi connectivity index (χ3v) is 1.55. The maximum Gasteiger partial charge on any atom is 0.248 e. The summed E-state index contributed by atoms with van der Waals surface area (Å²) in [6, 6.07) is 0. The molecule has 10 heavy (non-hydrogen) atoms. The van der Waals surface area contributed by atoms with Gasteiger partial charge in [-0.05, 0) is 0 Å². The van der Waals surface area contributed by atoms with Crippen molar-refractivity contribution in [1.29, 1.82) is 0 Å². The second-order valence-electron chi connectivity index (χ2n) is 2.39. The van der Waals surface area contributed by atoms with Gasteiger partial charge in [0.05, 0.1) is 12.7 Å². The normalized spacial score (nSPS) is 27.2. The highest BCUT2D eigenvalue weighted by Gasteiger charge is 2.22. The second kappa shape index (κ2) is 2.98. The van der Waals surface area contributed by atoms with Gasteiger partial charge in [0.1, 0.15) is 6.61 Å². The SMILES string of the molecule is CN1C[C@H](CO)OCC1=O. The van der Waals surface area contributed by atoms with E-state index in [1.807, 2.05) is 0 Å². The van der Waals surface area contributed by atoms with Crippen LogP contribution in [0.4, 0.5) is 0 Å². The van der Waals surface area contributed by atoms with Crippen LogP contribution in [0.3, 0.4) is 0 Å². The van der Waals surface area contributed by atoms with E-state index in [-0.39, 0.29) is 25.2 Å². The van der Waals surface area contributed by atoms with Crippen LogP contribution >= 0.6 is 0 Å². The lowest BCUT2D eigenvalue weighted by Gasteiger charge is -2.28. The molecule has 0 unspecified atom stereocenters. The number of nitrogens with zero attached hydrogens (tertiary/aromatic N) is 1. The molecule has 0 aromatic rings. The van der Waals surface area contributed by atoms with Crippen molar-refractivity contribution in [3.05, 3.63) is 0 Å². The first-order valence-electron chi connectivity index (χ1n) is 3.20. The molecule has 1 amide bonds. The van der Waals surface area contributed by atoms with E-state index in [0.29, 0.717) is 6.54 Å². The van der Waals surface area contributed by atoms with Crippen LogP contribution in [0.15, 0.2) is 0 Å². The first-order chi connectivity index (χ1) is 4.74. The number of morpholine rings is 1. The maximum absolute atomic E-state index is 10.8. The van der Waals surface area contributed by atoms with Crippen molar-refractivity contribution >= 4 is 5.91 Å². The van der Waals surface area contributed by atoms with E-state index in [2.05, 4.69) is 0 Å². The average molecular weight is 145 g/mol. The summed E-state index contributed by atoms with van der Waals surface area (Å²) in [5.74, 6) is -0.0234. The second-order valence-corrected chi connectivity index (χ2v) is 2.39. The fraction of sp³-hybridized carbons (Fsp3) is 0.833. The molecule has 0 saturated carbocycles. The molecule has 1 heterocycles. The summed E-state index contributed by atoms with van der Waals surface area (Å²) in [4.78, 5) is 12.3. The molecular weight excluding hydrogens is 134 g/mol. The molecule has 0 aliphatic carbocycles. The number of aliphatic hydroxyl groups is 1. The lowest BCUT2D eigenvalue weighted by atomic mass is 10.3. The van der Waals surface area contributed by atoms with Crippen molar-refractivity contribution in [2.45, 2.75) is 6.10 Å². The van der Waals surface area contributed by atoms with Gasteiger partial charge >= 0.3 is 0 Å². The topological polar surface area (TPSA) is 49.8 Å². The molecular formula is C6H11NO3. The molecule has 1 N–H and O–H groups in total. The number of rotatable bonds is 1. The number of likely N-dealkylation sites (N-methyl/N-ethyl adjacent to an activating group) is 1. The zero-order valence-electron chi connectivity index (χ0n) is 5.91. The number of amides is 1. The van der Waals surface area contributed by atoms with Gasteiger partial charge in [0.25, 0.3) is 0 Å². The van der Waals surface area contributed by atoms with Crippen LogP contribution in [0, 0.1) is 0 Å². The molecule has 1 aliphatic heterocycles. The molecule has 1 atom stereocenters. The van der Waals surface area contributed by atoms with Gasteiger partial charge in [0.15, 0.2) is 0 Å². The Labute approximate surface area is 59.4 Å². The van der Waals surface area contributed by atoms with Gasteiger partial charge in [-0.2, -0.15) is 0 Å². The number of hydrogen-bond acceptors (Lipinski definition) is 3. The van der Waals surface area contributed by atoms with Crippen molar-refractivity contribution in [2.24, 2.45) is 0 Å². The molecule has 0 spiro atoms. The molecule has 1 fully saturated rings. The zero-order chi connectivity index (χ0) is 7.56. The molecule has 4 nitrogen and oxygen atoms in total. The fourth-order valence-corrected chi connectivity index (χ4v) is 0.870. The Kier molecular flexibility index (Phi) is 2.24. The quantitative estimate of drug-likeness (QED) is 0.506. The summed E-state index contributed by atoms with van der Waals surface area (Å²) in [6.07, 6.45) is -0.192. The first-order valence-corrected chi connectivity index (χ1v) is 3.20. The minimum absolute atomic E-state index is 0.0162. The van der Waals surface area contributed by atoms with Gasteiger partial charge in [-0.1, -0.05) is 0 Å². The van der Waals surface area contributed by atoms with E-state index < -0.39 is 0 Å². The standard InChI is InChI=1S/C6H11NO3/c1-7-2-5(3-8)10-4-6(7)9/h5,8H,2-4H2,1H3/t5-/m1/s1. The molecule has 0 aromatic heterocycles. The van der Waals surface area contributed by atoms with Gasteiger partial charge in [-0.15, -0.1) is 0 Å². The predicted octanol–water partition coefficient (Wildman–Crippen LogP) is -1.16. The van der Waals surface area contributed by atoms with Crippen molar-refractivity contribution in [3.8, 4) is 0 Å². The summed E-state index contributed by atoms with van der Waals surface area (Å²) >= 11 is 0. The van der Waals surface area contributed by atoms with Gasteiger partial charge in [-0.3, -0.25) is 4.79 Å². The van der Waals surface area contributed by atoms with E-state index in [9.17, 15) is 4.79 Å². The Morgan fingerprint density at radius 2 is 2.60 bits per heavy atom. The summed E-state index contributed by atoms with van der Waals surface area (Å²) in [5, 5.41) is 8.63. The largest absolute Gasteiger partial charge is 0.394 e. The molecule has 0 bridgehead atoms. The van der Waals surface area contributed by atoms with Crippen LogP contribution in [0.25, 0.3) is 0 Å². The number of carbonyl (C=O) groups excluding carboxylic acids is 1. The van der Waals surface area contributed by atoms with E-state index in [4.69, 9.17) is 9.84 Å². The van der Waals surface area contributed by atoms with E-state index in [0.717, 1.165) is 0 Å². The smallest absolute Gasteiger partial charge is 0.248 e. The minimum Gasteiger partial charge on any atom is -0.394 e. The molecule has 0 radical (unpaired) electrons. The highest BCUT2D eigenvalue weighted by molar-refractivity contribution is 5.77. The van der Waals surface area contributed by atoms with Crippen LogP contribution in [0.5, 0.6) is 0 Å². The minimum atomic E-state index is -0.192. The van der Waals surface area contributed by atoms with Crippen molar-refractivity contribution in [3.63, 3.8) is 0 Å². The number of aliphatic hydroxyl groups excluding tert-OH is 1. The number of ether oxygens (including phenoxy) is 1. The monoisotopic (exact) mass is 145 g/mol. The zero-order valence-corrected chi connectivity index (χ0v) is 5.91. The van der Waals surface area contributed by atoms with Crippen molar-refractivity contribution < 1.29 is 14.6 Å². The van der Waals surface area contributed by atoms with Gasteiger partial charge in [0, 0.05) is 13.6 Å². The molecule has 1 aliphatic rings. The van der Waals surface area contributed by atoms with Crippen LogP contribution in [0.1, 0.15) is 0 Å². The fourth-order valence-electron chi connectivity index (χ4n) is 0.870. The van der Waals surface area contributed by atoms with Crippen LogP contribution < -0.4 is 0 Å². The Bertz CT molecular complexity index is 137. The molecule has 58 valence electrons. The van der Waals surface area contributed by atoms with Crippen molar-refractivity contribution in [1.82, 2.24) is 4.90 Å². The summed E-state index contributed by atoms with van der Waals surface area (Å²) in [6.45, 7) is 0.578. The summed E-state index contributed by atoms with van der Waals surface area (Å²) < 4.78 is 4.97. The van der Waals surface area contributed by atoms with Crippen LogP contribution in [0.2, 0.25) is 0 Å². The van der Waals surface area contributed by atoms with E-state index >= 15 is 0 Å². The molecule has 1 rings (SSSR count). The maximum atomic E-state index is 10.8. The Morgan fingerprint density at radius 1 is 1.90 bits per heavy atom. The number of hydrogen-bond donors (Lipinski definition) is 1. The van der Waals surface area contributed by atoms with E-state index in [1.165, 1.54) is 0 Å². The lowest BCUT2D eigenvalue weighted by Crippen LogP contribution is -2.45. The van der Waals surface area contributed by atoms with Gasteiger partial charge in [-0.25, -0.2) is 0 Å². The van der Waals surface area contributed by atoms with Crippen LogP contribution in [-0.2, 0) is 9.53 Å². The van der Waals surface area contributed by atoms with Crippen LogP contribution in [-0.4, -0.2) is 48.8 Å².